The molecule has 1 rings (SSSR count). The fraction of sp³-hybridized carbons (Fsp3) is 0.625. The summed E-state index contributed by atoms with van der Waals surface area (Å²) in [5, 5.41) is 0. The van der Waals surface area contributed by atoms with Gasteiger partial charge in [0, 0.05) is 12.8 Å². The Morgan fingerprint density at radius 1 is 1.47 bits per heavy atom. The lowest BCUT2D eigenvalue weighted by atomic mass is 10.1. The molecule has 0 aromatic carbocycles. The number of hydrogen-bond acceptors (Lipinski definition) is 1. The van der Waals surface area contributed by atoms with Gasteiger partial charge in [-0.1, -0.05) is 31.3 Å². The normalized spacial score (nSPS) is 21.5. The van der Waals surface area contributed by atoms with E-state index in [4.69, 9.17) is 4.74 Å². The first-order valence-electron chi connectivity index (χ1n) is 6.81. The second-order valence-corrected chi connectivity index (χ2v) is 4.46. The maximum absolute atomic E-state index is 5.87. The maximum Gasteiger partial charge on any atom is 0.158 e. The fourth-order valence-electron chi connectivity index (χ4n) is 1.83. The molecule has 1 aliphatic rings. The molecule has 0 amide bonds. The van der Waals surface area contributed by atoms with E-state index in [0.29, 0.717) is 0 Å². The molecule has 0 aliphatic carbocycles. The predicted molar refractivity (Wildman–Crippen MR) is 73.5 cm³/mol. The lowest BCUT2D eigenvalue weighted by Gasteiger charge is -2.22. The van der Waals surface area contributed by atoms with Crippen molar-refractivity contribution >= 4 is 0 Å². The summed E-state index contributed by atoms with van der Waals surface area (Å²) in [6, 6.07) is 0. The first-order chi connectivity index (χ1) is 8.36. The zero-order valence-corrected chi connectivity index (χ0v) is 11.0. The molecular formula is C16H24O. The summed E-state index contributed by atoms with van der Waals surface area (Å²) in [5.74, 6) is 7.60. The second-order valence-electron chi connectivity index (χ2n) is 4.46. The third-order valence-electron chi connectivity index (χ3n) is 2.84. The van der Waals surface area contributed by atoms with Crippen molar-refractivity contribution in [2.24, 2.45) is 0 Å². The monoisotopic (exact) mass is 232 g/mol. The Hall–Kier alpha value is -1.16. The zero-order valence-electron chi connectivity index (χ0n) is 11.0. The highest BCUT2D eigenvalue weighted by atomic mass is 16.5. The number of allylic oxidation sites excluding steroid dienone is 3. The van der Waals surface area contributed by atoms with E-state index in [0.717, 1.165) is 37.9 Å². The zero-order chi connectivity index (χ0) is 12.3. The van der Waals surface area contributed by atoms with Crippen molar-refractivity contribution in [1.29, 1.82) is 0 Å². The van der Waals surface area contributed by atoms with Crippen LogP contribution in [0.5, 0.6) is 0 Å². The molecule has 1 unspecified atom stereocenters. The predicted octanol–water partition coefficient (Wildman–Crippen LogP) is 4.60. The Morgan fingerprint density at radius 2 is 2.35 bits per heavy atom. The van der Waals surface area contributed by atoms with Gasteiger partial charge in [-0.2, -0.15) is 0 Å². The molecule has 0 spiro atoms. The summed E-state index contributed by atoms with van der Waals surface area (Å²) < 4.78 is 5.87. The molecular weight excluding hydrogens is 208 g/mol. The third-order valence-corrected chi connectivity index (χ3v) is 2.84. The van der Waals surface area contributed by atoms with Crippen LogP contribution >= 0.6 is 0 Å². The van der Waals surface area contributed by atoms with Crippen molar-refractivity contribution in [1.82, 2.24) is 0 Å². The molecule has 1 heterocycles. The minimum atomic E-state index is 0.135. The van der Waals surface area contributed by atoms with Gasteiger partial charge in [-0.25, -0.2) is 0 Å². The Kier molecular flexibility index (Phi) is 7.30. The highest BCUT2D eigenvalue weighted by Crippen LogP contribution is 2.22. The molecule has 1 aliphatic heterocycles. The first kappa shape index (κ1) is 13.9. The largest absolute Gasteiger partial charge is 0.482 e. The molecule has 1 atom stereocenters. The molecule has 94 valence electrons. The molecule has 0 saturated carbocycles. The van der Waals surface area contributed by atoms with Crippen LogP contribution in [0.1, 0.15) is 58.3 Å². The molecule has 0 aromatic heterocycles. The standard InChI is InChI=1S/C16H24O/c1-3-5-7-9-12-16-14-10-13-15(17-16)11-8-6-4-2/h4,11,16H,2-3,5-8,10,13-14H2,1H3/b15-11+. The van der Waals surface area contributed by atoms with Crippen LogP contribution in [0.4, 0.5) is 0 Å². The number of unbranched alkanes of at least 4 members (excludes halogenated alkanes) is 3. The Balaban J connectivity index is 2.34. The van der Waals surface area contributed by atoms with Gasteiger partial charge in [-0.3, -0.25) is 0 Å². The Bertz CT molecular complexity index is 303. The van der Waals surface area contributed by atoms with Crippen LogP contribution in [0.2, 0.25) is 0 Å². The SMILES string of the molecule is C=CCC/C=C1\CCCC(C#CCCCC)O1. The molecule has 0 bridgehead atoms. The van der Waals surface area contributed by atoms with Crippen LogP contribution in [0.3, 0.4) is 0 Å². The van der Waals surface area contributed by atoms with Gasteiger partial charge < -0.3 is 4.74 Å². The van der Waals surface area contributed by atoms with Crippen molar-refractivity contribution in [2.75, 3.05) is 0 Å². The molecule has 0 aromatic rings. The maximum atomic E-state index is 5.87. The molecule has 0 radical (unpaired) electrons. The highest BCUT2D eigenvalue weighted by molar-refractivity contribution is 5.09. The lowest BCUT2D eigenvalue weighted by molar-refractivity contribution is 0.115. The van der Waals surface area contributed by atoms with Crippen LogP contribution in [0.25, 0.3) is 0 Å². The van der Waals surface area contributed by atoms with Crippen molar-refractivity contribution in [3.8, 4) is 11.8 Å². The molecule has 1 nitrogen and oxygen atoms in total. The molecule has 1 saturated heterocycles. The topological polar surface area (TPSA) is 9.23 Å². The van der Waals surface area contributed by atoms with Gasteiger partial charge in [-0.05, 0) is 38.2 Å². The average molecular weight is 232 g/mol. The van der Waals surface area contributed by atoms with E-state index in [1.807, 2.05) is 6.08 Å². The Morgan fingerprint density at radius 3 is 3.12 bits per heavy atom. The first-order valence-corrected chi connectivity index (χ1v) is 6.81. The second kappa shape index (κ2) is 8.93. The van der Waals surface area contributed by atoms with Gasteiger partial charge in [0.05, 0.1) is 5.76 Å². The van der Waals surface area contributed by atoms with E-state index in [1.54, 1.807) is 0 Å². The van der Waals surface area contributed by atoms with Crippen molar-refractivity contribution in [2.45, 2.75) is 64.4 Å². The molecule has 0 N–H and O–H groups in total. The summed E-state index contributed by atoms with van der Waals surface area (Å²) in [4.78, 5) is 0. The molecule has 17 heavy (non-hydrogen) atoms. The summed E-state index contributed by atoms with van der Waals surface area (Å²) in [6.45, 7) is 5.92. The van der Waals surface area contributed by atoms with Gasteiger partial charge in [-0.15, -0.1) is 6.58 Å². The summed E-state index contributed by atoms with van der Waals surface area (Å²) >= 11 is 0. The Labute approximate surface area is 106 Å². The number of rotatable bonds is 5. The van der Waals surface area contributed by atoms with Crippen molar-refractivity contribution in [3.05, 3.63) is 24.5 Å². The number of hydrogen-bond donors (Lipinski definition) is 0. The smallest absolute Gasteiger partial charge is 0.158 e. The fourth-order valence-corrected chi connectivity index (χ4v) is 1.83. The van der Waals surface area contributed by atoms with E-state index in [9.17, 15) is 0 Å². The van der Waals surface area contributed by atoms with E-state index < -0.39 is 0 Å². The third kappa shape index (κ3) is 6.22. The van der Waals surface area contributed by atoms with Crippen LogP contribution in [0.15, 0.2) is 24.5 Å². The van der Waals surface area contributed by atoms with Crippen LogP contribution in [-0.4, -0.2) is 6.10 Å². The van der Waals surface area contributed by atoms with E-state index in [2.05, 4.69) is 31.4 Å². The van der Waals surface area contributed by atoms with Crippen LogP contribution in [0, 0.1) is 11.8 Å². The van der Waals surface area contributed by atoms with Crippen LogP contribution in [-0.2, 0) is 4.74 Å². The summed E-state index contributed by atoms with van der Waals surface area (Å²) in [6.07, 6.45) is 13.1. The van der Waals surface area contributed by atoms with Gasteiger partial charge in [0.15, 0.2) is 6.10 Å². The quantitative estimate of drug-likeness (QED) is 0.382. The van der Waals surface area contributed by atoms with Crippen molar-refractivity contribution < 1.29 is 4.74 Å². The van der Waals surface area contributed by atoms with E-state index >= 15 is 0 Å². The minimum Gasteiger partial charge on any atom is -0.482 e. The summed E-state index contributed by atoms with van der Waals surface area (Å²) in [7, 11) is 0. The molecule has 1 fully saturated rings. The van der Waals surface area contributed by atoms with Gasteiger partial charge >= 0.3 is 0 Å². The average Bonchev–Trinajstić information content (AvgIpc) is 2.36. The lowest BCUT2D eigenvalue weighted by Crippen LogP contribution is -2.15. The van der Waals surface area contributed by atoms with Gasteiger partial charge in [0.1, 0.15) is 0 Å². The number of ether oxygens (including phenoxy) is 1. The van der Waals surface area contributed by atoms with Crippen molar-refractivity contribution in [3.63, 3.8) is 0 Å². The van der Waals surface area contributed by atoms with Crippen LogP contribution < -0.4 is 0 Å². The van der Waals surface area contributed by atoms with Gasteiger partial charge in [0.2, 0.25) is 0 Å². The van der Waals surface area contributed by atoms with E-state index in [-0.39, 0.29) is 6.10 Å². The summed E-state index contributed by atoms with van der Waals surface area (Å²) in [5.41, 5.74) is 0. The van der Waals surface area contributed by atoms with E-state index in [1.165, 1.54) is 19.3 Å². The minimum absolute atomic E-state index is 0.135. The highest BCUT2D eigenvalue weighted by Gasteiger charge is 2.14. The molecule has 1 heteroatoms. The van der Waals surface area contributed by atoms with Gasteiger partial charge in [0.25, 0.3) is 0 Å².